The van der Waals surface area contributed by atoms with Crippen molar-refractivity contribution >= 4 is 0 Å². The second kappa shape index (κ2) is 9.15. The zero-order chi connectivity index (χ0) is 17.4. The maximum Gasteiger partial charge on any atom is 0.201 e. The number of phenols is 1. The molecular weight excluding hydrogens is 314 g/mol. The molecule has 130 valence electrons. The predicted octanol–water partition coefficient (Wildman–Crippen LogP) is 4.87. The Balaban J connectivity index is 2.02. The molecule has 1 aromatic heterocycles. The molecule has 0 amide bonds. The standard InChI is InChI=1S/C18H22F2N2O2/c1-2-3-4-5-6-7-10-24-15-11-21-12-22-18(15)13-8-9-14(23)17(20)16(13)19/h8-9,11-12,23H,2-7,10H2,1H3. The molecule has 0 aliphatic rings. The number of halogens is 2. The van der Waals surface area contributed by atoms with Crippen molar-refractivity contribution in [1.29, 1.82) is 0 Å². The second-order valence-electron chi connectivity index (χ2n) is 5.61. The van der Waals surface area contributed by atoms with E-state index in [9.17, 15) is 13.9 Å². The lowest BCUT2D eigenvalue weighted by atomic mass is 10.1. The van der Waals surface area contributed by atoms with Crippen LogP contribution in [-0.2, 0) is 0 Å². The van der Waals surface area contributed by atoms with Crippen molar-refractivity contribution in [3.05, 3.63) is 36.3 Å². The lowest BCUT2D eigenvalue weighted by Gasteiger charge is -2.11. The van der Waals surface area contributed by atoms with E-state index in [-0.39, 0.29) is 11.3 Å². The van der Waals surface area contributed by atoms with E-state index in [2.05, 4.69) is 16.9 Å². The van der Waals surface area contributed by atoms with Crippen molar-refractivity contribution in [2.75, 3.05) is 6.61 Å². The van der Waals surface area contributed by atoms with Crippen molar-refractivity contribution in [2.45, 2.75) is 45.4 Å². The van der Waals surface area contributed by atoms with Crippen LogP contribution in [0.2, 0.25) is 0 Å². The Hall–Kier alpha value is -2.24. The Morgan fingerprint density at radius 3 is 2.58 bits per heavy atom. The third-order valence-corrected chi connectivity index (χ3v) is 3.75. The normalized spacial score (nSPS) is 10.8. The highest BCUT2D eigenvalue weighted by Gasteiger charge is 2.18. The van der Waals surface area contributed by atoms with Crippen molar-refractivity contribution in [1.82, 2.24) is 9.97 Å². The number of aromatic hydroxyl groups is 1. The zero-order valence-corrected chi connectivity index (χ0v) is 13.8. The molecule has 0 bridgehead atoms. The van der Waals surface area contributed by atoms with Crippen LogP contribution in [0.25, 0.3) is 11.3 Å². The summed E-state index contributed by atoms with van der Waals surface area (Å²) >= 11 is 0. The molecule has 2 rings (SSSR count). The van der Waals surface area contributed by atoms with E-state index >= 15 is 0 Å². The number of phenolic OH excluding ortho intramolecular Hbond substituents is 1. The maximum absolute atomic E-state index is 14.0. The number of unbranched alkanes of at least 4 members (excludes halogenated alkanes) is 5. The van der Waals surface area contributed by atoms with Crippen LogP contribution in [0, 0.1) is 11.6 Å². The van der Waals surface area contributed by atoms with Gasteiger partial charge in [-0.3, -0.25) is 0 Å². The summed E-state index contributed by atoms with van der Waals surface area (Å²) in [5, 5.41) is 9.22. The van der Waals surface area contributed by atoms with Gasteiger partial charge in [-0.05, 0) is 18.6 Å². The molecule has 1 heterocycles. The summed E-state index contributed by atoms with van der Waals surface area (Å²) in [6.45, 7) is 2.64. The largest absolute Gasteiger partial charge is 0.505 e. The number of nitrogens with zero attached hydrogens (tertiary/aromatic N) is 2. The molecule has 6 heteroatoms. The number of ether oxygens (including phenoxy) is 1. The van der Waals surface area contributed by atoms with Gasteiger partial charge in [-0.25, -0.2) is 14.4 Å². The van der Waals surface area contributed by atoms with Crippen molar-refractivity contribution < 1.29 is 18.6 Å². The first-order valence-corrected chi connectivity index (χ1v) is 8.25. The van der Waals surface area contributed by atoms with E-state index in [0.717, 1.165) is 25.3 Å². The van der Waals surface area contributed by atoms with Crippen molar-refractivity contribution in [3.8, 4) is 22.8 Å². The molecule has 0 spiro atoms. The first-order chi connectivity index (χ1) is 11.6. The molecule has 0 fully saturated rings. The minimum absolute atomic E-state index is 0.0642. The SMILES string of the molecule is CCCCCCCCOc1cncnc1-c1ccc(O)c(F)c1F. The fourth-order valence-corrected chi connectivity index (χ4v) is 2.41. The maximum atomic E-state index is 14.0. The van der Waals surface area contributed by atoms with Gasteiger partial charge in [0.1, 0.15) is 12.0 Å². The number of rotatable bonds is 9. The third-order valence-electron chi connectivity index (χ3n) is 3.75. The van der Waals surface area contributed by atoms with Gasteiger partial charge in [0.05, 0.1) is 12.8 Å². The molecule has 24 heavy (non-hydrogen) atoms. The van der Waals surface area contributed by atoms with Gasteiger partial charge in [-0.1, -0.05) is 39.0 Å². The van der Waals surface area contributed by atoms with Gasteiger partial charge < -0.3 is 9.84 Å². The van der Waals surface area contributed by atoms with Gasteiger partial charge in [0.2, 0.25) is 5.82 Å². The van der Waals surface area contributed by atoms with Gasteiger partial charge in [0.15, 0.2) is 17.3 Å². The monoisotopic (exact) mass is 336 g/mol. The van der Waals surface area contributed by atoms with E-state index in [0.29, 0.717) is 12.4 Å². The molecule has 1 N–H and O–H groups in total. The van der Waals surface area contributed by atoms with Crippen LogP contribution in [0.5, 0.6) is 11.5 Å². The summed E-state index contributed by atoms with van der Waals surface area (Å²) in [6, 6.07) is 2.36. The molecule has 0 aliphatic carbocycles. The molecule has 0 radical (unpaired) electrons. The van der Waals surface area contributed by atoms with E-state index in [4.69, 9.17) is 4.74 Å². The number of aromatic nitrogens is 2. The summed E-state index contributed by atoms with van der Waals surface area (Å²) < 4.78 is 33.2. The van der Waals surface area contributed by atoms with E-state index in [1.54, 1.807) is 0 Å². The van der Waals surface area contributed by atoms with Gasteiger partial charge in [-0.2, -0.15) is 4.39 Å². The molecule has 1 aromatic carbocycles. The summed E-state index contributed by atoms with van der Waals surface area (Å²) in [5.74, 6) is -2.89. The van der Waals surface area contributed by atoms with Gasteiger partial charge in [0, 0.05) is 5.56 Å². The molecule has 0 aliphatic heterocycles. The topological polar surface area (TPSA) is 55.2 Å². The van der Waals surface area contributed by atoms with Gasteiger partial charge in [0.25, 0.3) is 0 Å². The Morgan fingerprint density at radius 1 is 1.04 bits per heavy atom. The van der Waals surface area contributed by atoms with E-state index in [1.807, 2.05) is 0 Å². The Morgan fingerprint density at radius 2 is 1.79 bits per heavy atom. The minimum Gasteiger partial charge on any atom is -0.505 e. The number of hydrogen-bond donors (Lipinski definition) is 1. The quantitative estimate of drug-likeness (QED) is 0.664. The zero-order valence-electron chi connectivity index (χ0n) is 13.8. The average molecular weight is 336 g/mol. The first-order valence-electron chi connectivity index (χ1n) is 8.25. The average Bonchev–Trinajstić information content (AvgIpc) is 2.60. The summed E-state index contributed by atoms with van der Waals surface area (Å²) in [4.78, 5) is 7.87. The van der Waals surface area contributed by atoms with Gasteiger partial charge in [-0.15, -0.1) is 0 Å². The van der Waals surface area contributed by atoms with Crippen LogP contribution < -0.4 is 4.74 Å². The van der Waals surface area contributed by atoms with Crippen LogP contribution in [0.3, 0.4) is 0 Å². The minimum atomic E-state index is -1.30. The first kappa shape index (κ1) is 18.1. The van der Waals surface area contributed by atoms with Crippen LogP contribution in [0.4, 0.5) is 8.78 Å². The number of benzene rings is 1. The summed E-state index contributed by atoms with van der Waals surface area (Å²) in [5.41, 5.74) is 0.109. The van der Waals surface area contributed by atoms with Gasteiger partial charge >= 0.3 is 0 Å². The molecule has 0 saturated carbocycles. The van der Waals surface area contributed by atoms with E-state index < -0.39 is 17.4 Å². The fourth-order valence-electron chi connectivity index (χ4n) is 2.41. The van der Waals surface area contributed by atoms with Crippen molar-refractivity contribution in [2.24, 2.45) is 0 Å². The molecule has 0 atom stereocenters. The Labute approximate surface area is 140 Å². The molecular formula is C18H22F2N2O2. The van der Waals surface area contributed by atoms with Crippen LogP contribution in [0.15, 0.2) is 24.7 Å². The van der Waals surface area contributed by atoms with Crippen LogP contribution in [-0.4, -0.2) is 21.7 Å². The Bertz CT molecular complexity index is 665. The summed E-state index contributed by atoms with van der Waals surface area (Å²) in [7, 11) is 0. The van der Waals surface area contributed by atoms with Crippen LogP contribution >= 0.6 is 0 Å². The lowest BCUT2D eigenvalue weighted by Crippen LogP contribution is -2.02. The number of hydrogen-bond acceptors (Lipinski definition) is 4. The third kappa shape index (κ3) is 4.63. The lowest BCUT2D eigenvalue weighted by molar-refractivity contribution is 0.303. The van der Waals surface area contributed by atoms with Crippen LogP contribution in [0.1, 0.15) is 45.4 Å². The highest BCUT2D eigenvalue weighted by atomic mass is 19.2. The Kier molecular flexibility index (Phi) is 6.90. The second-order valence-corrected chi connectivity index (χ2v) is 5.61. The molecule has 2 aromatic rings. The molecule has 4 nitrogen and oxygen atoms in total. The molecule has 0 saturated heterocycles. The smallest absolute Gasteiger partial charge is 0.201 e. The predicted molar refractivity (Wildman–Crippen MR) is 87.9 cm³/mol. The van der Waals surface area contributed by atoms with E-state index in [1.165, 1.54) is 37.9 Å². The highest BCUT2D eigenvalue weighted by Crippen LogP contribution is 2.32. The fraction of sp³-hybridized carbons (Fsp3) is 0.444. The van der Waals surface area contributed by atoms with Crippen molar-refractivity contribution in [3.63, 3.8) is 0 Å². The molecule has 0 unspecified atom stereocenters. The highest BCUT2D eigenvalue weighted by molar-refractivity contribution is 5.67. The summed E-state index contributed by atoms with van der Waals surface area (Å²) in [6.07, 6.45) is 9.44.